The number of fused-ring (bicyclic) bond motifs is 1. The van der Waals surface area contributed by atoms with Gasteiger partial charge in [-0.1, -0.05) is 23.7 Å². The molecule has 0 spiro atoms. The Kier molecular flexibility index (Phi) is 12.6. The fourth-order valence-corrected chi connectivity index (χ4v) is 9.59. The van der Waals surface area contributed by atoms with Crippen LogP contribution in [0.15, 0.2) is 61.1 Å². The zero-order valence-electron chi connectivity index (χ0n) is 35.5. The first-order chi connectivity index (χ1) is 31.4. The Balaban J connectivity index is 0.718. The molecule has 340 valence electrons. The first kappa shape index (κ1) is 44.0. The van der Waals surface area contributed by atoms with E-state index in [1.54, 1.807) is 18.2 Å². The zero-order valence-corrected chi connectivity index (χ0v) is 36.2. The predicted molar refractivity (Wildman–Crippen MR) is 236 cm³/mol. The van der Waals surface area contributed by atoms with Gasteiger partial charge in [-0.05, 0) is 86.3 Å². The van der Waals surface area contributed by atoms with Gasteiger partial charge >= 0.3 is 6.03 Å². The number of halogens is 4. The summed E-state index contributed by atoms with van der Waals surface area (Å²) in [4.78, 5) is 67.4. The summed E-state index contributed by atoms with van der Waals surface area (Å²) < 4.78 is 43.6. The number of phenolic OH excluding ortho intramolecular Hbond substituents is 1. The van der Waals surface area contributed by atoms with E-state index >= 15 is 0 Å². The van der Waals surface area contributed by atoms with Crippen molar-refractivity contribution in [2.75, 3.05) is 68.7 Å². The molecule has 2 aromatic heterocycles. The van der Waals surface area contributed by atoms with E-state index in [4.69, 9.17) is 26.7 Å². The van der Waals surface area contributed by atoms with Gasteiger partial charge in [-0.15, -0.1) is 0 Å². The second-order valence-corrected chi connectivity index (χ2v) is 17.8. The molecule has 5 amide bonds. The van der Waals surface area contributed by atoms with Crippen molar-refractivity contribution in [2.24, 2.45) is 11.8 Å². The number of piperidine rings is 1. The molecule has 3 aliphatic heterocycles. The number of phenols is 1. The van der Waals surface area contributed by atoms with Crippen LogP contribution in [0, 0.1) is 29.3 Å². The normalized spacial score (nSPS) is 20.0. The van der Waals surface area contributed by atoms with Crippen LogP contribution in [0.2, 0.25) is 5.02 Å². The highest BCUT2D eigenvalue weighted by atomic mass is 35.5. The molecule has 15 nitrogen and oxygen atoms in total. The van der Waals surface area contributed by atoms with E-state index in [0.717, 1.165) is 93.3 Å². The summed E-state index contributed by atoms with van der Waals surface area (Å²) in [5.74, 6) is -6.27. The van der Waals surface area contributed by atoms with Crippen molar-refractivity contribution in [3.63, 3.8) is 0 Å². The molecular weight excluding hydrogens is 865 g/mol. The largest absolute Gasteiger partial charge is 0.503 e. The highest BCUT2D eigenvalue weighted by molar-refractivity contribution is 6.34. The zero-order chi connectivity index (χ0) is 45.4. The molecule has 4 aliphatic rings. The molecule has 65 heavy (non-hydrogen) atoms. The summed E-state index contributed by atoms with van der Waals surface area (Å²) in [6, 6.07) is 11.2. The van der Waals surface area contributed by atoms with Crippen molar-refractivity contribution >= 4 is 57.9 Å². The van der Waals surface area contributed by atoms with Gasteiger partial charge in [0.2, 0.25) is 17.7 Å². The first-order valence-electron chi connectivity index (χ1n) is 22.0. The average Bonchev–Trinajstić information content (AvgIpc) is 3.76. The van der Waals surface area contributed by atoms with E-state index in [9.17, 15) is 37.5 Å². The summed E-state index contributed by atoms with van der Waals surface area (Å²) in [6.45, 7) is 5.84. The average molecular weight is 913 g/mol. The maximum atomic E-state index is 14.2. The van der Waals surface area contributed by atoms with Gasteiger partial charge in [0, 0.05) is 100 Å². The molecule has 1 aliphatic carbocycles. The van der Waals surface area contributed by atoms with Crippen LogP contribution in [0.5, 0.6) is 5.75 Å². The summed E-state index contributed by atoms with van der Waals surface area (Å²) in [5.41, 5.74) is 2.78. The Bertz CT molecular complexity index is 2630. The Morgan fingerprint density at radius 1 is 0.831 bits per heavy atom. The fourth-order valence-electron chi connectivity index (χ4n) is 9.38. The van der Waals surface area contributed by atoms with E-state index in [1.165, 1.54) is 4.90 Å². The minimum atomic E-state index is -1.79. The standard InChI is InChI=1S/C46H48ClF3N10O5/c47-35-8-5-30(20-38(35)59-14-11-39(61)54-46(59)65)44(64)57-17-15-56(16-18-57)25-28-9-12-58(13-10-28)45-52-23-32(24-53-45)29-3-4-31-26-60(55-37(31)19-29)33-6-1-27(2-7-33)22-51-43(63)34-21-36(48)42(62)41(50)40(34)49/h3-5,8,19-21,23-24,26-28,33,62H,1-2,6-7,9-18,22,25H2,(H,51,63)(H,54,61,65)/t27-,33-. The molecule has 5 heterocycles. The molecule has 9 rings (SSSR count). The van der Waals surface area contributed by atoms with Gasteiger partial charge < -0.3 is 20.2 Å². The lowest BCUT2D eigenvalue weighted by atomic mass is 9.86. The maximum absolute atomic E-state index is 14.2. The van der Waals surface area contributed by atoms with Crippen molar-refractivity contribution in [2.45, 2.75) is 51.0 Å². The Hall–Kier alpha value is -6.27. The van der Waals surface area contributed by atoms with E-state index in [0.29, 0.717) is 47.3 Å². The van der Waals surface area contributed by atoms with Crippen LogP contribution < -0.4 is 20.4 Å². The molecule has 19 heteroatoms. The lowest BCUT2D eigenvalue weighted by molar-refractivity contribution is -0.120. The van der Waals surface area contributed by atoms with Crippen molar-refractivity contribution in [3.05, 3.63) is 94.7 Å². The molecule has 3 saturated heterocycles. The lowest BCUT2D eigenvalue weighted by Gasteiger charge is -2.39. The second kappa shape index (κ2) is 18.7. The van der Waals surface area contributed by atoms with E-state index in [1.807, 2.05) is 46.4 Å². The molecule has 3 aromatic carbocycles. The highest BCUT2D eigenvalue weighted by Gasteiger charge is 2.31. The number of carbonyl (C=O) groups excluding carboxylic acids is 4. The number of hydrogen-bond donors (Lipinski definition) is 3. The number of nitrogens with one attached hydrogen (secondary N) is 2. The van der Waals surface area contributed by atoms with E-state index in [-0.39, 0.29) is 43.3 Å². The molecule has 1 saturated carbocycles. The van der Waals surface area contributed by atoms with E-state index in [2.05, 4.69) is 20.4 Å². The second-order valence-electron chi connectivity index (χ2n) is 17.4. The number of nitrogens with zero attached hydrogens (tertiary/aromatic N) is 8. The third kappa shape index (κ3) is 9.45. The highest BCUT2D eigenvalue weighted by Crippen LogP contribution is 2.34. The number of rotatable bonds is 10. The number of aromatic hydroxyl groups is 1. The third-order valence-electron chi connectivity index (χ3n) is 13.2. The van der Waals surface area contributed by atoms with Gasteiger partial charge in [0.1, 0.15) is 0 Å². The topological polar surface area (TPSA) is 169 Å². The molecule has 4 fully saturated rings. The van der Waals surface area contributed by atoms with Crippen LogP contribution in [-0.2, 0) is 4.79 Å². The number of amides is 5. The number of carbonyl (C=O) groups is 4. The van der Waals surface area contributed by atoms with E-state index < -0.39 is 40.7 Å². The monoisotopic (exact) mass is 912 g/mol. The van der Waals surface area contributed by atoms with Crippen molar-refractivity contribution in [1.82, 2.24) is 40.2 Å². The van der Waals surface area contributed by atoms with Crippen molar-refractivity contribution < 1.29 is 37.5 Å². The van der Waals surface area contributed by atoms with Gasteiger partial charge in [-0.2, -0.15) is 9.49 Å². The number of benzene rings is 3. The smallest absolute Gasteiger partial charge is 0.328 e. The predicted octanol–water partition coefficient (Wildman–Crippen LogP) is 6.55. The lowest BCUT2D eigenvalue weighted by Crippen LogP contribution is -2.51. The molecule has 5 aromatic rings. The van der Waals surface area contributed by atoms with Crippen LogP contribution in [-0.4, -0.2) is 117 Å². The Morgan fingerprint density at radius 3 is 2.29 bits per heavy atom. The van der Waals surface area contributed by atoms with Crippen LogP contribution in [0.1, 0.15) is 71.7 Å². The minimum absolute atomic E-state index is 0.108. The minimum Gasteiger partial charge on any atom is -0.503 e. The quantitative estimate of drug-likeness (QED) is 0.131. The van der Waals surface area contributed by atoms with Crippen LogP contribution in [0.25, 0.3) is 22.0 Å². The van der Waals surface area contributed by atoms with Crippen molar-refractivity contribution in [1.29, 1.82) is 0 Å². The third-order valence-corrected chi connectivity index (χ3v) is 13.5. The van der Waals surface area contributed by atoms with Crippen LogP contribution in [0.3, 0.4) is 0 Å². The van der Waals surface area contributed by atoms with Crippen LogP contribution in [0.4, 0.5) is 29.6 Å². The van der Waals surface area contributed by atoms with Gasteiger partial charge in [0.05, 0.1) is 27.8 Å². The van der Waals surface area contributed by atoms with Gasteiger partial charge in [0.15, 0.2) is 17.4 Å². The summed E-state index contributed by atoms with van der Waals surface area (Å²) in [6.07, 6.45) is 11.1. The summed E-state index contributed by atoms with van der Waals surface area (Å²) in [7, 11) is 0. The number of anilines is 2. The summed E-state index contributed by atoms with van der Waals surface area (Å²) >= 11 is 6.40. The SMILES string of the molecule is O=C1CCN(c2cc(C(=O)N3CCN(CC4CCN(c5ncc(-c6ccc7cn([C@H]8CC[C@H](CNC(=O)c9cc(F)c(O)c(F)c9F)CC8)nc7c6)cn5)CC4)CC3)ccc2Cl)C(=O)N1. The molecule has 0 atom stereocenters. The number of imide groups is 1. The van der Waals surface area contributed by atoms with Gasteiger partial charge in [-0.25, -0.2) is 23.5 Å². The van der Waals surface area contributed by atoms with Gasteiger partial charge in [0.25, 0.3) is 11.8 Å². The molecule has 0 unspecified atom stereocenters. The number of hydrogen-bond acceptors (Lipinski definition) is 10. The molecule has 3 N–H and O–H groups in total. The fraction of sp³-hybridized carbons (Fsp3) is 0.413. The molecule has 0 radical (unpaired) electrons. The first-order valence-corrected chi connectivity index (χ1v) is 22.4. The maximum Gasteiger partial charge on any atom is 0.328 e. The van der Waals surface area contributed by atoms with Crippen LogP contribution >= 0.6 is 11.6 Å². The number of aromatic nitrogens is 4. The molecule has 0 bridgehead atoms. The number of piperazine rings is 1. The summed E-state index contributed by atoms with van der Waals surface area (Å²) in [5, 5.41) is 20.4. The Labute approximate surface area is 377 Å². The Morgan fingerprint density at radius 2 is 1.57 bits per heavy atom. The van der Waals surface area contributed by atoms with Gasteiger partial charge in [-0.3, -0.25) is 34.2 Å². The number of urea groups is 1. The van der Waals surface area contributed by atoms with Crippen molar-refractivity contribution in [3.8, 4) is 16.9 Å². The molecular formula is C46H48ClF3N10O5.